The Balaban J connectivity index is -0.00000147. The van der Waals surface area contributed by atoms with Crippen LogP contribution in [0.25, 0.3) is 0 Å². The Hall–Kier alpha value is 1.42. The molecular formula is C16H42Cl3N4Ti. The molecule has 0 spiro atoms. The van der Waals surface area contributed by atoms with Crippen molar-refractivity contribution >= 4 is 37.2 Å². The summed E-state index contributed by atoms with van der Waals surface area (Å²) in [6.07, 6.45) is 5.04. The van der Waals surface area contributed by atoms with Gasteiger partial charge in [-0.3, -0.25) is 0 Å². The first kappa shape index (κ1) is 30.2. The zero-order valence-corrected chi connectivity index (χ0v) is 20.2. The number of nitrogens with zero attached hydrogens (tertiary/aromatic N) is 1. The first-order chi connectivity index (χ1) is 9.86. The zero-order valence-electron chi connectivity index (χ0n) is 16.2. The van der Waals surface area contributed by atoms with E-state index in [1.165, 1.54) is 38.8 Å². The predicted molar refractivity (Wildman–Crippen MR) is 114 cm³/mol. The van der Waals surface area contributed by atoms with Crippen molar-refractivity contribution in [3.05, 3.63) is 0 Å². The van der Waals surface area contributed by atoms with Crippen LogP contribution in [0.15, 0.2) is 0 Å². The van der Waals surface area contributed by atoms with Crippen LogP contribution in [0.4, 0.5) is 0 Å². The molecule has 8 heteroatoms. The standard InChI is InChI=1S/C12H27N4.4CH3.3ClH.Ti/c1-5-13-7-2-9-15-11-4-12-16-10-3-8-14-6-1;;;;;;;;/h13-15H,1-12H2;4*1H3;3*1H;/q-1;;;;;;;;+1. The van der Waals surface area contributed by atoms with E-state index in [1.54, 1.807) is 0 Å². The van der Waals surface area contributed by atoms with Gasteiger partial charge in [0, 0.05) is 0 Å². The van der Waals surface area contributed by atoms with Gasteiger partial charge in [-0.15, -0.1) is 37.2 Å². The monoisotopic (exact) mass is 443 g/mol. The van der Waals surface area contributed by atoms with E-state index in [4.69, 9.17) is 0 Å². The average Bonchev–Trinajstić information content (AvgIpc) is 2.36. The van der Waals surface area contributed by atoms with Crippen LogP contribution < -0.4 is 16.0 Å². The summed E-state index contributed by atoms with van der Waals surface area (Å²) in [6.45, 7) is 9.45. The summed E-state index contributed by atoms with van der Waals surface area (Å²) in [5, 5.41) is 20.9. The van der Waals surface area contributed by atoms with Crippen LogP contribution in [0, 0.1) is 0 Å². The topological polar surface area (TPSA) is 39.3 Å². The van der Waals surface area contributed by atoms with Gasteiger partial charge < -0.3 is 0 Å². The quantitative estimate of drug-likeness (QED) is 0.540. The Morgan fingerprint density at radius 1 is 0.542 bits per heavy atom. The van der Waals surface area contributed by atoms with Gasteiger partial charge in [-0.25, -0.2) is 0 Å². The summed E-state index contributed by atoms with van der Waals surface area (Å²) in [4.78, 5) is 0. The molecule has 0 atom stereocenters. The van der Waals surface area contributed by atoms with Gasteiger partial charge in [0.25, 0.3) is 0 Å². The number of rotatable bonds is 1. The Kier molecular flexibility index (Phi) is 19.5. The second kappa shape index (κ2) is 15.5. The first-order valence-corrected chi connectivity index (χ1v) is 15.9. The van der Waals surface area contributed by atoms with E-state index in [-0.39, 0.29) is 37.2 Å². The van der Waals surface area contributed by atoms with Crippen molar-refractivity contribution in [1.29, 1.82) is 0 Å². The van der Waals surface area contributed by atoms with Crippen molar-refractivity contribution < 1.29 is 15.6 Å². The number of hydrogen-bond acceptors (Lipinski definition) is 4. The Morgan fingerprint density at radius 3 is 1.12 bits per heavy atom. The first-order valence-electron chi connectivity index (χ1n) is 8.98. The predicted octanol–water partition coefficient (Wildman–Crippen LogP) is 3.69. The fourth-order valence-corrected chi connectivity index (χ4v) is 6.14. The molecule has 0 aromatic carbocycles. The fourth-order valence-electron chi connectivity index (χ4n) is 2.85. The third-order valence-corrected chi connectivity index (χ3v) is 8.89. The minimum atomic E-state index is -2.31. The summed E-state index contributed by atoms with van der Waals surface area (Å²) in [5.41, 5.74) is 0. The molecule has 3 N–H and O–H groups in total. The molecule has 1 rings (SSSR count). The van der Waals surface area contributed by atoms with Crippen LogP contribution in [-0.4, -0.2) is 55.7 Å². The van der Waals surface area contributed by atoms with Crippen LogP contribution in [0.1, 0.15) is 25.7 Å². The van der Waals surface area contributed by atoms with E-state index in [0.29, 0.717) is 0 Å². The van der Waals surface area contributed by atoms with Gasteiger partial charge in [0.15, 0.2) is 0 Å². The molecule has 1 fully saturated rings. The van der Waals surface area contributed by atoms with Gasteiger partial charge in [0.1, 0.15) is 0 Å². The Morgan fingerprint density at radius 2 is 0.833 bits per heavy atom. The van der Waals surface area contributed by atoms with Crippen LogP contribution >= 0.6 is 37.2 Å². The van der Waals surface area contributed by atoms with E-state index in [1.807, 2.05) is 0 Å². The molecule has 24 heavy (non-hydrogen) atoms. The van der Waals surface area contributed by atoms with Gasteiger partial charge in [-0.1, -0.05) is 0 Å². The molecule has 0 unspecified atom stereocenters. The molecule has 151 valence electrons. The van der Waals surface area contributed by atoms with E-state index in [9.17, 15) is 0 Å². The summed E-state index contributed by atoms with van der Waals surface area (Å²) >= 11 is -2.31. The third kappa shape index (κ3) is 15.7. The van der Waals surface area contributed by atoms with Gasteiger partial charge in [0.2, 0.25) is 0 Å². The average molecular weight is 445 g/mol. The molecule has 0 aliphatic carbocycles. The minimum absolute atomic E-state index is 0. The number of hydrogen-bond donors (Lipinski definition) is 3. The van der Waals surface area contributed by atoms with E-state index in [2.05, 4.69) is 40.2 Å². The Labute approximate surface area is 170 Å². The maximum atomic E-state index is 3.59. The SMILES string of the molecule is Cl.Cl.Cl.[CH3][Ti]([CH3])([CH3])([CH3])[N]1CCCNCCCNCCCNCCC1. The molecule has 0 aromatic heterocycles. The van der Waals surface area contributed by atoms with Gasteiger partial charge in [-0.05, 0) is 0 Å². The summed E-state index contributed by atoms with van der Waals surface area (Å²) < 4.78 is 2.84. The number of halogens is 3. The van der Waals surface area contributed by atoms with E-state index in [0.717, 1.165) is 39.3 Å². The summed E-state index contributed by atoms with van der Waals surface area (Å²) in [5.74, 6) is 0. The van der Waals surface area contributed by atoms with Crippen LogP contribution in [0.5, 0.6) is 0 Å². The van der Waals surface area contributed by atoms with Crippen molar-refractivity contribution in [1.82, 2.24) is 19.3 Å². The normalized spacial score (nSPS) is 21.9. The van der Waals surface area contributed by atoms with E-state index < -0.39 is 15.6 Å². The molecule has 4 nitrogen and oxygen atoms in total. The summed E-state index contributed by atoms with van der Waals surface area (Å²) in [7, 11) is 0. The molecule has 1 aliphatic rings. The molecule has 0 bridgehead atoms. The van der Waals surface area contributed by atoms with Crippen molar-refractivity contribution in [2.75, 3.05) is 52.4 Å². The van der Waals surface area contributed by atoms with Crippen molar-refractivity contribution in [2.24, 2.45) is 0 Å². The van der Waals surface area contributed by atoms with Gasteiger partial charge >= 0.3 is 134 Å². The van der Waals surface area contributed by atoms with Crippen LogP contribution in [-0.2, 0) is 15.6 Å². The zero-order chi connectivity index (χ0) is 15.6. The van der Waals surface area contributed by atoms with Gasteiger partial charge in [-0.2, -0.15) is 0 Å². The third-order valence-electron chi connectivity index (χ3n) is 4.24. The summed E-state index contributed by atoms with van der Waals surface area (Å²) in [6, 6.07) is 0. The van der Waals surface area contributed by atoms with Crippen molar-refractivity contribution in [3.8, 4) is 0 Å². The second-order valence-electron chi connectivity index (χ2n) is 8.55. The van der Waals surface area contributed by atoms with Crippen LogP contribution in [0.2, 0.25) is 20.9 Å². The molecule has 1 saturated heterocycles. The van der Waals surface area contributed by atoms with Crippen molar-refractivity contribution in [3.63, 3.8) is 0 Å². The molecule has 0 aromatic rings. The van der Waals surface area contributed by atoms with Crippen molar-refractivity contribution in [2.45, 2.75) is 46.6 Å². The fraction of sp³-hybridized carbons (Fsp3) is 1.00. The maximum absolute atomic E-state index is 3.59. The molecule has 0 amide bonds. The molecule has 0 saturated carbocycles. The van der Waals surface area contributed by atoms with E-state index >= 15 is 0 Å². The molecule has 1 aliphatic heterocycles. The molecular weight excluding hydrogens is 402 g/mol. The Bertz CT molecular complexity index is 263. The molecule has 1 heterocycles. The number of nitrogens with one attached hydrogen (secondary N) is 3. The van der Waals surface area contributed by atoms with Crippen LogP contribution in [0.3, 0.4) is 0 Å². The second-order valence-corrected chi connectivity index (χ2v) is 21.7. The molecule has 0 radical (unpaired) electrons. The van der Waals surface area contributed by atoms with Gasteiger partial charge in [0.05, 0.1) is 0 Å².